The van der Waals surface area contributed by atoms with E-state index < -0.39 is 0 Å². The highest BCUT2D eigenvalue weighted by Gasteiger charge is 2.11. The summed E-state index contributed by atoms with van der Waals surface area (Å²) < 4.78 is 5.31. The average molecular weight is 240 g/mol. The van der Waals surface area contributed by atoms with E-state index in [2.05, 4.69) is 20.3 Å². The maximum absolute atomic E-state index is 5.31. The van der Waals surface area contributed by atoms with Crippen molar-refractivity contribution in [3.8, 4) is 22.8 Å². The molecule has 2 aromatic heterocycles. The van der Waals surface area contributed by atoms with E-state index in [9.17, 15) is 0 Å². The summed E-state index contributed by atoms with van der Waals surface area (Å²) in [5, 5.41) is 10.8. The molecule has 0 spiro atoms. The highest BCUT2D eigenvalue weighted by molar-refractivity contribution is 5.63. The zero-order valence-electron chi connectivity index (χ0n) is 10.1. The van der Waals surface area contributed by atoms with E-state index >= 15 is 0 Å². The number of nitrogens with one attached hydrogen (secondary N) is 1. The maximum Gasteiger partial charge on any atom is 0.203 e. The van der Waals surface area contributed by atoms with Crippen LogP contribution in [0.4, 0.5) is 0 Å². The summed E-state index contributed by atoms with van der Waals surface area (Å²) in [6.07, 6.45) is 0. The third-order valence-corrected chi connectivity index (χ3v) is 2.67. The normalized spacial score (nSPS) is 10.8. The molecular formula is C13H12N4O. The molecule has 0 amide bonds. The van der Waals surface area contributed by atoms with Crippen LogP contribution in [-0.4, -0.2) is 20.3 Å². The van der Waals surface area contributed by atoms with E-state index in [1.54, 1.807) is 0 Å². The molecule has 0 radical (unpaired) electrons. The van der Waals surface area contributed by atoms with Crippen molar-refractivity contribution < 1.29 is 4.52 Å². The lowest BCUT2D eigenvalue weighted by Gasteiger charge is -1.95. The summed E-state index contributed by atoms with van der Waals surface area (Å²) in [6, 6.07) is 9.92. The fourth-order valence-electron chi connectivity index (χ4n) is 1.69. The molecule has 0 aliphatic heterocycles. The van der Waals surface area contributed by atoms with Crippen LogP contribution < -0.4 is 0 Å². The first-order valence-corrected chi connectivity index (χ1v) is 5.65. The summed E-state index contributed by atoms with van der Waals surface area (Å²) in [7, 11) is 0. The van der Waals surface area contributed by atoms with Gasteiger partial charge in [-0.05, 0) is 13.8 Å². The van der Waals surface area contributed by atoms with Crippen LogP contribution in [0.1, 0.15) is 11.4 Å². The Morgan fingerprint density at radius 1 is 1.11 bits per heavy atom. The Hall–Kier alpha value is -2.43. The highest BCUT2D eigenvalue weighted by atomic mass is 16.5. The zero-order chi connectivity index (χ0) is 12.5. The number of H-pyrrole nitrogens is 1. The summed E-state index contributed by atoms with van der Waals surface area (Å²) in [5.41, 5.74) is 2.84. The van der Waals surface area contributed by atoms with E-state index in [0.717, 1.165) is 11.4 Å². The minimum Gasteiger partial charge on any atom is -0.356 e. The number of aryl methyl sites for hydroxylation is 2. The molecule has 1 aromatic carbocycles. The van der Waals surface area contributed by atoms with Gasteiger partial charge in [-0.2, -0.15) is 5.10 Å². The van der Waals surface area contributed by atoms with Gasteiger partial charge in [-0.25, -0.2) is 4.98 Å². The number of benzene rings is 1. The second-order valence-corrected chi connectivity index (χ2v) is 4.19. The van der Waals surface area contributed by atoms with E-state index in [1.165, 1.54) is 5.56 Å². The molecule has 0 aliphatic rings. The predicted octanol–water partition coefficient (Wildman–Crippen LogP) is 2.74. The highest BCUT2D eigenvalue weighted by Crippen LogP contribution is 2.24. The van der Waals surface area contributed by atoms with Crippen LogP contribution in [0, 0.1) is 13.8 Å². The average Bonchev–Trinajstić information content (AvgIpc) is 2.98. The minimum atomic E-state index is 0.551. The first-order chi connectivity index (χ1) is 8.72. The van der Waals surface area contributed by atoms with Crippen molar-refractivity contribution >= 4 is 0 Å². The molecule has 5 nitrogen and oxygen atoms in total. The molecule has 0 aliphatic carbocycles. The molecule has 2 heterocycles. The number of aromatic nitrogens is 4. The van der Waals surface area contributed by atoms with Crippen LogP contribution in [0.5, 0.6) is 0 Å². The van der Waals surface area contributed by atoms with E-state index in [4.69, 9.17) is 4.52 Å². The third kappa shape index (κ3) is 1.90. The van der Waals surface area contributed by atoms with Gasteiger partial charge in [-0.1, -0.05) is 35.0 Å². The number of hydrogen-bond donors (Lipinski definition) is 1. The topological polar surface area (TPSA) is 67.6 Å². The second kappa shape index (κ2) is 4.10. The van der Waals surface area contributed by atoms with Crippen LogP contribution in [0.2, 0.25) is 0 Å². The van der Waals surface area contributed by atoms with Crippen molar-refractivity contribution in [2.24, 2.45) is 0 Å². The Balaban J connectivity index is 1.96. The van der Waals surface area contributed by atoms with E-state index in [1.807, 2.05) is 44.2 Å². The lowest BCUT2D eigenvalue weighted by Crippen LogP contribution is -1.79. The summed E-state index contributed by atoms with van der Waals surface area (Å²) in [5.74, 6) is 2.02. The van der Waals surface area contributed by atoms with Crippen molar-refractivity contribution in [3.05, 3.63) is 41.7 Å². The van der Waals surface area contributed by atoms with Gasteiger partial charge in [0.1, 0.15) is 5.82 Å². The summed E-state index contributed by atoms with van der Waals surface area (Å²) >= 11 is 0. The molecule has 1 N–H and O–H groups in total. The van der Waals surface area contributed by atoms with Gasteiger partial charge in [0.15, 0.2) is 11.5 Å². The molecule has 3 aromatic rings. The van der Waals surface area contributed by atoms with Crippen molar-refractivity contribution in [3.63, 3.8) is 0 Å². The molecule has 0 atom stereocenters. The second-order valence-electron chi connectivity index (χ2n) is 4.19. The monoisotopic (exact) mass is 240 g/mol. The van der Waals surface area contributed by atoms with Crippen molar-refractivity contribution in [2.75, 3.05) is 0 Å². The van der Waals surface area contributed by atoms with Gasteiger partial charge < -0.3 is 4.52 Å². The molecule has 0 saturated carbocycles. The van der Waals surface area contributed by atoms with Gasteiger partial charge in [0.05, 0.1) is 0 Å². The lowest BCUT2D eigenvalue weighted by atomic mass is 10.1. The van der Waals surface area contributed by atoms with Crippen molar-refractivity contribution in [1.82, 2.24) is 20.3 Å². The van der Waals surface area contributed by atoms with Gasteiger partial charge >= 0.3 is 0 Å². The van der Waals surface area contributed by atoms with Crippen molar-refractivity contribution in [1.29, 1.82) is 0 Å². The SMILES string of the molecule is Cc1ccc(-c2cc(-c3n[nH]c(C)n3)no2)cc1. The molecule has 90 valence electrons. The maximum atomic E-state index is 5.31. The van der Waals surface area contributed by atoms with Gasteiger partial charge in [-0.15, -0.1) is 0 Å². The first kappa shape index (κ1) is 10.7. The molecule has 0 fully saturated rings. The lowest BCUT2D eigenvalue weighted by molar-refractivity contribution is 0.434. The van der Waals surface area contributed by atoms with Gasteiger partial charge in [0, 0.05) is 11.6 Å². The number of hydrogen-bond acceptors (Lipinski definition) is 4. The fourth-order valence-corrected chi connectivity index (χ4v) is 1.69. The van der Waals surface area contributed by atoms with Gasteiger partial charge in [-0.3, -0.25) is 5.10 Å². The van der Waals surface area contributed by atoms with Crippen molar-refractivity contribution in [2.45, 2.75) is 13.8 Å². The number of rotatable bonds is 2. The molecular weight excluding hydrogens is 228 g/mol. The van der Waals surface area contributed by atoms with Gasteiger partial charge in [0.2, 0.25) is 5.82 Å². The standard InChI is InChI=1S/C13H12N4O/c1-8-3-5-10(6-4-8)12-7-11(17-18-12)13-14-9(2)15-16-13/h3-7H,1-2H3,(H,14,15,16). The molecule has 5 heteroatoms. The van der Waals surface area contributed by atoms with Crippen LogP contribution in [-0.2, 0) is 0 Å². The zero-order valence-corrected chi connectivity index (χ0v) is 10.1. The quantitative estimate of drug-likeness (QED) is 0.747. The molecule has 0 bridgehead atoms. The van der Waals surface area contributed by atoms with E-state index in [-0.39, 0.29) is 0 Å². The summed E-state index contributed by atoms with van der Waals surface area (Å²) in [4.78, 5) is 4.21. The van der Waals surface area contributed by atoms with Crippen LogP contribution >= 0.6 is 0 Å². The number of aromatic amines is 1. The molecule has 0 saturated heterocycles. The summed E-state index contributed by atoms with van der Waals surface area (Å²) in [6.45, 7) is 3.89. The van der Waals surface area contributed by atoms with E-state index in [0.29, 0.717) is 17.3 Å². The minimum absolute atomic E-state index is 0.551. The van der Waals surface area contributed by atoms with Crippen LogP contribution in [0.3, 0.4) is 0 Å². The van der Waals surface area contributed by atoms with Crippen LogP contribution in [0.25, 0.3) is 22.8 Å². The van der Waals surface area contributed by atoms with Gasteiger partial charge in [0.25, 0.3) is 0 Å². The first-order valence-electron chi connectivity index (χ1n) is 5.65. The Labute approximate surface area is 104 Å². The Morgan fingerprint density at radius 2 is 1.89 bits per heavy atom. The number of nitrogens with zero attached hydrogens (tertiary/aromatic N) is 3. The Bertz CT molecular complexity index is 666. The molecule has 3 rings (SSSR count). The Morgan fingerprint density at radius 3 is 2.56 bits per heavy atom. The Kier molecular flexibility index (Phi) is 2.44. The van der Waals surface area contributed by atoms with Crippen LogP contribution in [0.15, 0.2) is 34.9 Å². The largest absolute Gasteiger partial charge is 0.356 e. The fraction of sp³-hybridized carbons (Fsp3) is 0.154. The molecule has 0 unspecified atom stereocenters. The third-order valence-electron chi connectivity index (χ3n) is 2.67. The predicted molar refractivity (Wildman–Crippen MR) is 66.8 cm³/mol. The molecule has 18 heavy (non-hydrogen) atoms. The smallest absolute Gasteiger partial charge is 0.203 e.